The molecule has 1 aliphatic rings. The van der Waals surface area contributed by atoms with Crippen molar-refractivity contribution in [2.75, 3.05) is 23.9 Å². The number of anilines is 1. The Morgan fingerprint density at radius 3 is 2.85 bits per heavy atom. The van der Waals surface area contributed by atoms with E-state index in [1.807, 2.05) is 6.92 Å². The van der Waals surface area contributed by atoms with Gasteiger partial charge in [-0.3, -0.25) is 9.79 Å². The molecule has 1 amide bonds. The number of rotatable bonds is 4. The average molecular weight is 375 g/mol. The van der Waals surface area contributed by atoms with Crippen molar-refractivity contribution in [2.45, 2.75) is 12.5 Å². The number of hydrogen-bond donors (Lipinski definition) is 2. The van der Waals surface area contributed by atoms with Gasteiger partial charge in [-0.1, -0.05) is 0 Å². The van der Waals surface area contributed by atoms with Gasteiger partial charge < -0.3 is 15.8 Å². The molecule has 1 aliphatic heterocycles. The van der Waals surface area contributed by atoms with Gasteiger partial charge in [0.1, 0.15) is 17.3 Å². The van der Waals surface area contributed by atoms with Crippen LogP contribution in [-0.2, 0) is 5.54 Å². The molecular formula is C17H18FN5O2S. The molecule has 2 heterocycles. The maximum atomic E-state index is 14.4. The Morgan fingerprint density at radius 1 is 1.38 bits per heavy atom. The number of carbonyl (C=O) groups is 1. The number of amidine groups is 1. The quantitative estimate of drug-likeness (QED) is 0.849. The lowest BCUT2D eigenvalue weighted by Crippen LogP contribution is -2.34. The first kappa shape index (κ1) is 18.1. The summed E-state index contributed by atoms with van der Waals surface area (Å²) >= 11 is 1.59. The summed E-state index contributed by atoms with van der Waals surface area (Å²) in [4.78, 5) is 24.7. The molecule has 3 N–H and O–H groups in total. The van der Waals surface area contributed by atoms with Crippen LogP contribution in [0.2, 0.25) is 0 Å². The number of carbonyl (C=O) groups excluding carboxylic acids is 1. The number of nitrogens with zero attached hydrogens (tertiary/aromatic N) is 3. The first-order valence-corrected chi connectivity index (χ1v) is 8.96. The number of nitrogens with one attached hydrogen (secondary N) is 1. The molecule has 1 aromatic carbocycles. The Hall–Kier alpha value is -2.68. The molecule has 0 aliphatic carbocycles. The fourth-order valence-corrected chi connectivity index (χ4v) is 3.62. The molecule has 1 unspecified atom stereocenters. The van der Waals surface area contributed by atoms with E-state index in [4.69, 9.17) is 10.5 Å². The molecule has 0 saturated heterocycles. The van der Waals surface area contributed by atoms with Gasteiger partial charge in [-0.2, -0.15) is 11.8 Å². The van der Waals surface area contributed by atoms with Crippen LogP contribution in [0.5, 0.6) is 5.88 Å². The number of thioether (sulfide) groups is 1. The van der Waals surface area contributed by atoms with Crippen molar-refractivity contribution < 1.29 is 13.9 Å². The van der Waals surface area contributed by atoms with Crippen molar-refractivity contribution in [3.63, 3.8) is 0 Å². The van der Waals surface area contributed by atoms with Gasteiger partial charge in [0, 0.05) is 17.0 Å². The first-order chi connectivity index (χ1) is 12.4. The van der Waals surface area contributed by atoms with E-state index < -0.39 is 17.3 Å². The van der Waals surface area contributed by atoms with Crippen LogP contribution < -0.4 is 15.8 Å². The summed E-state index contributed by atoms with van der Waals surface area (Å²) in [6.45, 7) is 1.82. The molecule has 136 valence electrons. The molecule has 0 radical (unpaired) electrons. The molecule has 1 aromatic heterocycles. The molecule has 26 heavy (non-hydrogen) atoms. The Labute approximate surface area is 154 Å². The van der Waals surface area contributed by atoms with Crippen LogP contribution in [0.15, 0.2) is 35.6 Å². The minimum Gasteiger partial charge on any atom is -0.480 e. The normalized spacial score (nSPS) is 19.6. The summed E-state index contributed by atoms with van der Waals surface area (Å²) in [5.74, 6) is 1.17. The molecule has 0 spiro atoms. The van der Waals surface area contributed by atoms with Crippen molar-refractivity contribution in [1.82, 2.24) is 9.97 Å². The first-order valence-electron chi connectivity index (χ1n) is 7.80. The zero-order valence-electron chi connectivity index (χ0n) is 14.3. The maximum Gasteiger partial charge on any atom is 0.275 e. The molecule has 2 aromatic rings. The van der Waals surface area contributed by atoms with Gasteiger partial charge in [-0.05, 0) is 25.1 Å². The molecule has 0 fully saturated rings. The second-order valence-electron chi connectivity index (χ2n) is 5.96. The van der Waals surface area contributed by atoms with Gasteiger partial charge in [0.15, 0.2) is 0 Å². The highest BCUT2D eigenvalue weighted by Gasteiger charge is 2.32. The maximum absolute atomic E-state index is 14.4. The van der Waals surface area contributed by atoms with E-state index in [1.165, 1.54) is 31.6 Å². The van der Waals surface area contributed by atoms with E-state index in [0.717, 1.165) is 0 Å². The molecule has 0 bridgehead atoms. The van der Waals surface area contributed by atoms with Gasteiger partial charge >= 0.3 is 0 Å². The lowest BCUT2D eigenvalue weighted by molar-refractivity contribution is 0.102. The lowest BCUT2D eigenvalue weighted by atomic mass is 9.93. The fraction of sp³-hybridized carbons (Fsp3) is 0.294. The van der Waals surface area contributed by atoms with E-state index >= 15 is 0 Å². The summed E-state index contributed by atoms with van der Waals surface area (Å²) in [7, 11) is 1.46. The SMILES string of the molecule is COc1cnc(C(=O)Nc2ccc(F)c(C3(C)CSCC(N)=N3)c2)cn1. The van der Waals surface area contributed by atoms with Gasteiger partial charge in [0.05, 0.1) is 30.8 Å². The van der Waals surface area contributed by atoms with Gasteiger partial charge in [-0.25, -0.2) is 14.4 Å². The van der Waals surface area contributed by atoms with Crippen LogP contribution in [0.3, 0.4) is 0 Å². The average Bonchev–Trinajstić information content (AvgIpc) is 2.63. The third kappa shape index (κ3) is 3.77. The summed E-state index contributed by atoms with van der Waals surface area (Å²) in [5, 5.41) is 2.70. The Bertz CT molecular complexity index is 859. The third-order valence-corrected chi connectivity index (χ3v) is 5.16. The number of aliphatic imine (C=N–C) groups is 1. The molecule has 0 saturated carbocycles. The molecule has 1 atom stereocenters. The van der Waals surface area contributed by atoms with Crippen LogP contribution >= 0.6 is 11.8 Å². The molecular weight excluding hydrogens is 357 g/mol. The monoisotopic (exact) mass is 375 g/mol. The summed E-state index contributed by atoms with van der Waals surface area (Å²) in [6, 6.07) is 4.37. The highest BCUT2D eigenvalue weighted by Crippen LogP contribution is 2.35. The fourth-order valence-electron chi connectivity index (χ4n) is 2.62. The van der Waals surface area contributed by atoms with Crippen LogP contribution in [0.4, 0.5) is 10.1 Å². The van der Waals surface area contributed by atoms with Crippen molar-refractivity contribution in [3.8, 4) is 5.88 Å². The van der Waals surface area contributed by atoms with Crippen molar-refractivity contribution >= 4 is 29.2 Å². The second-order valence-corrected chi connectivity index (χ2v) is 6.95. The summed E-state index contributed by atoms with van der Waals surface area (Å²) < 4.78 is 19.3. The highest BCUT2D eigenvalue weighted by atomic mass is 32.2. The number of aromatic nitrogens is 2. The minimum absolute atomic E-state index is 0.123. The van der Waals surface area contributed by atoms with E-state index in [2.05, 4.69) is 20.3 Å². The van der Waals surface area contributed by atoms with Crippen molar-refractivity contribution in [2.24, 2.45) is 10.7 Å². The van der Waals surface area contributed by atoms with Gasteiger partial charge in [-0.15, -0.1) is 0 Å². The van der Waals surface area contributed by atoms with E-state index in [9.17, 15) is 9.18 Å². The lowest BCUT2D eigenvalue weighted by Gasteiger charge is -2.30. The van der Waals surface area contributed by atoms with E-state index in [1.54, 1.807) is 17.8 Å². The van der Waals surface area contributed by atoms with Gasteiger partial charge in [0.25, 0.3) is 5.91 Å². The Morgan fingerprint density at radius 2 is 2.19 bits per heavy atom. The number of halogens is 1. The number of ether oxygens (including phenoxy) is 1. The summed E-state index contributed by atoms with van der Waals surface area (Å²) in [6.07, 6.45) is 2.66. The third-order valence-electron chi connectivity index (χ3n) is 3.90. The largest absolute Gasteiger partial charge is 0.480 e. The van der Waals surface area contributed by atoms with Gasteiger partial charge in [0.2, 0.25) is 5.88 Å². The summed E-state index contributed by atoms with van der Waals surface area (Å²) in [5.41, 5.74) is 5.99. The van der Waals surface area contributed by atoms with Crippen molar-refractivity contribution in [3.05, 3.63) is 47.7 Å². The number of hydrogen-bond acceptors (Lipinski definition) is 7. The zero-order chi connectivity index (χ0) is 18.7. The predicted molar refractivity (Wildman–Crippen MR) is 99.2 cm³/mol. The van der Waals surface area contributed by atoms with Crippen LogP contribution in [0.1, 0.15) is 23.0 Å². The molecule has 3 rings (SSSR count). The standard InChI is InChI=1S/C17H18FN5O2S/c1-17(9-26-8-14(19)23-17)11-5-10(3-4-12(11)18)22-16(24)13-6-21-15(25-2)7-20-13/h3-7H,8-9H2,1-2H3,(H2,19,23)(H,22,24). The molecule has 7 nitrogen and oxygen atoms in total. The topological polar surface area (TPSA) is 102 Å². The van der Waals surface area contributed by atoms with Crippen LogP contribution in [0, 0.1) is 5.82 Å². The smallest absolute Gasteiger partial charge is 0.275 e. The predicted octanol–water partition coefficient (Wildman–Crippen LogP) is 2.20. The molecule has 9 heteroatoms. The van der Waals surface area contributed by atoms with E-state index in [0.29, 0.717) is 34.5 Å². The second kappa shape index (κ2) is 7.28. The van der Waals surface area contributed by atoms with Crippen LogP contribution in [-0.4, -0.2) is 40.3 Å². The minimum atomic E-state index is -0.780. The van der Waals surface area contributed by atoms with E-state index in [-0.39, 0.29) is 5.69 Å². The number of amides is 1. The zero-order valence-corrected chi connectivity index (χ0v) is 15.1. The number of nitrogens with two attached hydrogens (primary N) is 1. The number of benzene rings is 1. The van der Waals surface area contributed by atoms with Crippen molar-refractivity contribution in [1.29, 1.82) is 0 Å². The van der Waals surface area contributed by atoms with Crippen LogP contribution in [0.25, 0.3) is 0 Å². The highest BCUT2D eigenvalue weighted by molar-refractivity contribution is 8.00. The Balaban J connectivity index is 1.85. The number of methoxy groups -OCH3 is 1. The Kier molecular flexibility index (Phi) is 5.08.